The molecule has 80 valence electrons. The lowest BCUT2D eigenvalue weighted by Gasteiger charge is -2.13. The van der Waals surface area contributed by atoms with Crippen LogP contribution in [-0.2, 0) is 5.41 Å². The average Bonchev–Trinajstić information content (AvgIpc) is 2.69. The molecule has 0 N–H and O–H groups in total. The number of thiazole rings is 1. The maximum atomic E-state index is 5.80. The number of hydrogen-bond donors (Lipinski definition) is 0. The molecule has 0 saturated heterocycles. The molecule has 5 heteroatoms. The third-order valence-corrected chi connectivity index (χ3v) is 3.37. The lowest BCUT2D eigenvalue weighted by molar-refractivity contribution is 0.583. The summed E-state index contributed by atoms with van der Waals surface area (Å²) in [4.78, 5) is 4.53. The summed E-state index contributed by atoms with van der Waals surface area (Å²) in [7, 11) is 0. The van der Waals surface area contributed by atoms with Gasteiger partial charge in [0.25, 0.3) is 0 Å². The highest BCUT2D eigenvalue weighted by atomic mass is 35.5. The van der Waals surface area contributed by atoms with Crippen LogP contribution in [0, 0.1) is 0 Å². The Morgan fingerprint density at radius 2 is 2.13 bits per heavy atom. The van der Waals surface area contributed by atoms with Crippen LogP contribution >= 0.6 is 22.9 Å². The molecule has 0 unspecified atom stereocenters. The van der Waals surface area contributed by atoms with Crippen LogP contribution in [0.2, 0.25) is 5.02 Å². The first-order valence-corrected chi connectivity index (χ1v) is 5.89. The summed E-state index contributed by atoms with van der Waals surface area (Å²) < 4.78 is 1.69. The molecule has 3 nitrogen and oxygen atoms in total. The molecule has 15 heavy (non-hydrogen) atoms. The Bertz CT molecular complexity index is 467. The summed E-state index contributed by atoms with van der Waals surface area (Å²) in [5.74, 6) is 0.830. The molecule has 2 aromatic rings. The molecule has 2 aromatic heterocycles. The van der Waals surface area contributed by atoms with E-state index in [-0.39, 0.29) is 5.41 Å². The molecule has 0 aliphatic heterocycles. The van der Waals surface area contributed by atoms with Crippen molar-refractivity contribution in [2.45, 2.75) is 26.2 Å². The van der Waals surface area contributed by atoms with Crippen molar-refractivity contribution >= 4 is 22.9 Å². The van der Waals surface area contributed by atoms with Crippen molar-refractivity contribution in [3.8, 4) is 5.82 Å². The number of nitrogens with zero attached hydrogens (tertiary/aromatic N) is 3. The molecular weight excluding hydrogens is 230 g/mol. The zero-order valence-electron chi connectivity index (χ0n) is 8.86. The second-order valence-electron chi connectivity index (χ2n) is 4.36. The monoisotopic (exact) mass is 241 g/mol. The van der Waals surface area contributed by atoms with E-state index in [4.69, 9.17) is 11.6 Å². The Labute approximate surface area is 97.7 Å². The maximum absolute atomic E-state index is 5.80. The van der Waals surface area contributed by atoms with Gasteiger partial charge in [-0.15, -0.1) is 11.3 Å². The van der Waals surface area contributed by atoms with Gasteiger partial charge in [0.15, 0.2) is 5.82 Å². The van der Waals surface area contributed by atoms with E-state index >= 15 is 0 Å². The van der Waals surface area contributed by atoms with Gasteiger partial charge in [0, 0.05) is 10.8 Å². The van der Waals surface area contributed by atoms with E-state index in [1.165, 1.54) is 0 Å². The fourth-order valence-corrected chi connectivity index (χ4v) is 2.15. The van der Waals surface area contributed by atoms with Gasteiger partial charge in [-0.1, -0.05) is 32.4 Å². The first-order valence-electron chi connectivity index (χ1n) is 4.63. The summed E-state index contributed by atoms with van der Waals surface area (Å²) >= 11 is 7.44. The number of hydrogen-bond acceptors (Lipinski definition) is 3. The second kappa shape index (κ2) is 3.61. The largest absolute Gasteiger partial charge is 0.222 e. The van der Waals surface area contributed by atoms with E-state index in [1.807, 2.05) is 5.38 Å². The van der Waals surface area contributed by atoms with Gasteiger partial charge in [-0.25, -0.2) is 9.67 Å². The first-order chi connectivity index (χ1) is 6.97. The van der Waals surface area contributed by atoms with E-state index in [0.29, 0.717) is 5.02 Å². The Morgan fingerprint density at radius 1 is 1.40 bits per heavy atom. The van der Waals surface area contributed by atoms with Gasteiger partial charge in [0.1, 0.15) is 5.01 Å². The highest BCUT2D eigenvalue weighted by Crippen LogP contribution is 2.26. The fraction of sp³-hybridized carbons (Fsp3) is 0.400. The molecule has 0 fully saturated rings. The van der Waals surface area contributed by atoms with E-state index < -0.39 is 0 Å². The van der Waals surface area contributed by atoms with Crippen LogP contribution < -0.4 is 0 Å². The molecule has 0 radical (unpaired) electrons. The number of halogens is 1. The summed E-state index contributed by atoms with van der Waals surface area (Å²) in [5, 5.41) is 7.83. The Kier molecular flexibility index (Phi) is 2.56. The lowest BCUT2D eigenvalue weighted by atomic mass is 9.98. The predicted molar refractivity (Wildman–Crippen MR) is 62.9 cm³/mol. The highest BCUT2D eigenvalue weighted by molar-refractivity contribution is 7.10. The molecular formula is C10H12ClN3S. The number of aromatic nitrogens is 3. The van der Waals surface area contributed by atoms with Crippen molar-refractivity contribution < 1.29 is 0 Å². The van der Waals surface area contributed by atoms with Crippen molar-refractivity contribution in [3.05, 3.63) is 27.8 Å². The molecule has 0 bridgehead atoms. The van der Waals surface area contributed by atoms with E-state index in [1.54, 1.807) is 28.4 Å². The second-order valence-corrected chi connectivity index (χ2v) is 5.66. The first kappa shape index (κ1) is 10.6. The van der Waals surface area contributed by atoms with Crippen molar-refractivity contribution in [1.29, 1.82) is 0 Å². The van der Waals surface area contributed by atoms with Crippen LogP contribution in [0.5, 0.6) is 0 Å². The third-order valence-electron chi connectivity index (χ3n) is 1.92. The van der Waals surface area contributed by atoms with Crippen molar-refractivity contribution in [2.24, 2.45) is 0 Å². The summed E-state index contributed by atoms with van der Waals surface area (Å²) in [6.45, 7) is 6.43. The van der Waals surface area contributed by atoms with Crippen LogP contribution in [0.25, 0.3) is 5.82 Å². The van der Waals surface area contributed by atoms with E-state index in [2.05, 4.69) is 30.9 Å². The molecule has 2 heterocycles. The Balaban J connectivity index is 2.36. The van der Waals surface area contributed by atoms with Gasteiger partial charge in [-0.3, -0.25) is 0 Å². The van der Waals surface area contributed by atoms with Crippen molar-refractivity contribution in [2.75, 3.05) is 0 Å². The highest BCUT2D eigenvalue weighted by Gasteiger charge is 2.18. The van der Waals surface area contributed by atoms with Crippen LogP contribution in [0.1, 0.15) is 25.8 Å². The minimum absolute atomic E-state index is 0.0832. The topological polar surface area (TPSA) is 30.7 Å². The number of rotatable bonds is 1. The zero-order chi connectivity index (χ0) is 11.1. The van der Waals surface area contributed by atoms with Crippen molar-refractivity contribution in [1.82, 2.24) is 14.8 Å². The molecule has 0 spiro atoms. The van der Waals surface area contributed by atoms with E-state index in [9.17, 15) is 0 Å². The average molecular weight is 242 g/mol. The van der Waals surface area contributed by atoms with E-state index in [0.717, 1.165) is 10.8 Å². The summed E-state index contributed by atoms with van der Waals surface area (Å²) in [6.07, 6.45) is 3.36. The van der Waals surface area contributed by atoms with Crippen LogP contribution in [0.3, 0.4) is 0 Å². The molecule has 0 aliphatic carbocycles. The lowest BCUT2D eigenvalue weighted by Crippen LogP contribution is -2.10. The van der Waals surface area contributed by atoms with Crippen molar-refractivity contribution in [3.63, 3.8) is 0 Å². The Morgan fingerprint density at radius 3 is 2.60 bits per heavy atom. The normalized spacial score (nSPS) is 12.0. The van der Waals surface area contributed by atoms with Crippen LogP contribution in [-0.4, -0.2) is 14.8 Å². The van der Waals surface area contributed by atoms with Crippen LogP contribution in [0.15, 0.2) is 17.8 Å². The quantitative estimate of drug-likeness (QED) is 0.767. The van der Waals surface area contributed by atoms with Gasteiger partial charge in [0.2, 0.25) is 0 Å². The van der Waals surface area contributed by atoms with Crippen LogP contribution in [0.4, 0.5) is 0 Å². The smallest absolute Gasteiger partial charge is 0.164 e. The molecule has 0 saturated carbocycles. The van der Waals surface area contributed by atoms with Gasteiger partial charge < -0.3 is 0 Å². The molecule has 0 aromatic carbocycles. The minimum atomic E-state index is 0.0832. The predicted octanol–water partition coefficient (Wildman–Crippen LogP) is 3.28. The van der Waals surface area contributed by atoms with Gasteiger partial charge in [0.05, 0.1) is 17.4 Å². The van der Waals surface area contributed by atoms with Gasteiger partial charge >= 0.3 is 0 Å². The standard InChI is InChI=1S/C10H12ClN3S/c1-10(2,3)9-13-8(6-15-9)14-5-7(11)4-12-14/h4-6H,1-3H3. The molecule has 0 amide bonds. The zero-order valence-corrected chi connectivity index (χ0v) is 10.4. The van der Waals surface area contributed by atoms with Gasteiger partial charge in [-0.2, -0.15) is 5.10 Å². The molecule has 2 rings (SSSR count). The minimum Gasteiger partial charge on any atom is -0.222 e. The summed E-state index contributed by atoms with van der Waals surface area (Å²) in [5.41, 5.74) is 0.0832. The SMILES string of the molecule is CC(C)(C)c1nc(-n2cc(Cl)cn2)cs1. The third kappa shape index (κ3) is 2.21. The molecule has 0 atom stereocenters. The summed E-state index contributed by atoms with van der Waals surface area (Å²) in [6, 6.07) is 0. The molecule has 0 aliphatic rings. The maximum Gasteiger partial charge on any atom is 0.164 e. The Hall–Kier alpha value is -0.870. The fourth-order valence-electron chi connectivity index (χ4n) is 1.14. The van der Waals surface area contributed by atoms with Gasteiger partial charge in [-0.05, 0) is 0 Å².